The average molecular weight is 354 g/mol. The standard InChI is InChI=1S/C19H26N6O/c1-23(2)10-9-22-19(26)17-15-16(6-8-20-17)24-11-13-25(14-12-24)18-5-3-4-7-21-18/h3-8,15H,9-14H2,1-2H3,(H,22,26). The monoisotopic (exact) mass is 354 g/mol. The fourth-order valence-corrected chi connectivity index (χ4v) is 2.96. The summed E-state index contributed by atoms with van der Waals surface area (Å²) in [4.78, 5) is 27.5. The molecular weight excluding hydrogens is 328 g/mol. The van der Waals surface area contributed by atoms with Crippen LogP contribution in [0.2, 0.25) is 0 Å². The largest absolute Gasteiger partial charge is 0.368 e. The maximum atomic E-state index is 12.3. The number of rotatable bonds is 6. The van der Waals surface area contributed by atoms with E-state index in [2.05, 4.69) is 25.1 Å². The minimum Gasteiger partial charge on any atom is -0.368 e. The van der Waals surface area contributed by atoms with Gasteiger partial charge in [-0.3, -0.25) is 9.78 Å². The summed E-state index contributed by atoms with van der Waals surface area (Å²) in [5.41, 5.74) is 1.51. The molecule has 1 N–H and O–H groups in total. The molecule has 1 fully saturated rings. The lowest BCUT2D eigenvalue weighted by molar-refractivity contribution is 0.0946. The molecule has 3 rings (SSSR count). The molecule has 1 saturated heterocycles. The Kier molecular flexibility index (Phi) is 6.01. The van der Waals surface area contributed by atoms with Crippen LogP contribution in [0.3, 0.4) is 0 Å². The number of aromatic nitrogens is 2. The predicted molar refractivity (Wildman–Crippen MR) is 104 cm³/mol. The number of hydrogen-bond acceptors (Lipinski definition) is 6. The minimum absolute atomic E-state index is 0.124. The molecule has 0 atom stereocenters. The predicted octanol–water partition coefficient (Wildman–Crippen LogP) is 1.09. The van der Waals surface area contributed by atoms with Gasteiger partial charge in [0.1, 0.15) is 11.5 Å². The molecule has 0 unspecified atom stereocenters. The van der Waals surface area contributed by atoms with E-state index in [0.717, 1.165) is 44.2 Å². The van der Waals surface area contributed by atoms with E-state index < -0.39 is 0 Å². The van der Waals surface area contributed by atoms with Gasteiger partial charge in [0.25, 0.3) is 5.91 Å². The Bertz CT molecular complexity index is 713. The molecule has 138 valence electrons. The van der Waals surface area contributed by atoms with Gasteiger partial charge < -0.3 is 20.0 Å². The third-order valence-electron chi connectivity index (χ3n) is 4.44. The lowest BCUT2D eigenvalue weighted by atomic mass is 10.2. The lowest BCUT2D eigenvalue weighted by Crippen LogP contribution is -2.46. The highest BCUT2D eigenvalue weighted by molar-refractivity contribution is 5.93. The average Bonchev–Trinajstić information content (AvgIpc) is 2.68. The summed E-state index contributed by atoms with van der Waals surface area (Å²) in [6, 6.07) is 9.83. The number of nitrogens with zero attached hydrogens (tertiary/aromatic N) is 5. The SMILES string of the molecule is CN(C)CCNC(=O)c1cc(N2CCN(c3ccccn3)CC2)ccn1. The zero-order chi connectivity index (χ0) is 18.4. The van der Waals surface area contributed by atoms with E-state index in [1.165, 1.54) is 0 Å². The van der Waals surface area contributed by atoms with E-state index >= 15 is 0 Å². The van der Waals surface area contributed by atoms with Crippen molar-refractivity contribution in [1.82, 2.24) is 20.2 Å². The number of carbonyl (C=O) groups excluding carboxylic acids is 1. The van der Waals surface area contributed by atoms with Gasteiger partial charge in [-0.1, -0.05) is 6.07 Å². The van der Waals surface area contributed by atoms with Gasteiger partial charge in [0, 0.05) is 57.3 Å². The normalized spacial score (nSPS) is 14.6. The van der Waals surface area contributed by atoms with Crippen LogP contribution in [-0.4, -0.2) is 74.1 Å². The van der Waals surface area contributed by atoms with Crippen LogP contribution >= 0.6 is 0 Å². The molecular formula is C19H26N6O. The fourth-order valence-electron chi connectivity index (χ4n) is 2.96. The first-order valence-corrected chi connectivity index (χ1v) is 8.93. The number of likely N-dealkylation sites (N-methyl/N-ethyl adjacent to an activating group) is 1. The second-order valence-corrected chi connectivity index (χ2v) is 6.62. The minimum atomic E-state index is -0.124. The molecule has 1 aliphatic rings. The fraction of sp³-hybridized carbons (Fsp3) is 0.421. The molecule has 26 heavy (non-hydrogen) atoms. The zero-order valence-corrected chi connectivity index (χ0v) is 15.4. The highest BCUT2D eigenvalue weighted by Crippen LogP contribution is 2.19. The van der Waals surface area contributed by atoms with Crippen molar-refractivity contribution in [2.45, 2.75) is 0 Å². The quantitative estimate of drug-likeness (QED) is 0.838. The van der Waals surface area contributed by atoms with Gasteiger partial charge in [0.2, 0.25) is 0 Å². The van der Waals surface area contributed by atoms with Crippen molar-refractivity contribution in [2.75, 3.05) is 63.2 Å². The van der Waals surface area contributed by atoms with E-state index in [4.69, 9.17) is 0 Å². The van der Waals surface area contributed by atoms with Gasteiger partial charge in [0.05, 0.1) is 0 Å². The van der Waals surface area contributed by atoms with Crippen LogP contribution in [0.1, 0.15) is 10.5 Å². The number of pyridine rings is 2. The van der Waals surface area contributed by atoms with Crippen LogP contribution in [0.4, 0.5) is 11.5 Å². The van der Waals surface area contributed by atoms with Gasteiger partial charge >= 0.3 is 0 Å². The molecule has 1 aliphatic heterocycles. The van der Waals surface area contributed by atoms with E-state index in [1.54, 1.807) is 6.20 Å². The molecule has 0 radical (unpaired) electrons. The van der Waals surface area contributed by atoms with Crippen LogP contribution in [0.25, 0.3) is 0 Å². The van der Waals surface area contributed by atoms with Crippen molar-refractivity contribution in [3.63, 3.8) is 0 Å². The van der Waals surface area contributed by atoms with E-state index in [1.807, 2.05) is 55.5 Å². The summed E-state index contributed by atoms with van der Waals surface area (Å²) in [5.74, 6) is 0.892. The van der Waals surface area contributed by atoms with Gasteiger partial charge in [-0.15, -0.1) is 0 Å². The number of amides is 1. The molecule has 7 nitrogen and oxygen atoms in total. The Morgan fingerprint density at radius 1 is 1.08 bits per heavy atom. The van der Waals surface area contributed by atoms with Crippen LogP contribution in [0, 0.1) is 0 Å². The Hall–Kier alpha value is -2.67. The van der Waals surface area contributed by atoms with Crippen molar-refractivity contribution in [3.05, 3.63) is 48.4 Å². The topological polar surface area (TPSA) is 64.6 Å². The smallest absolute Gasteiger partial charge is 0.269 e. The Labute approximate surface area is 154 Å². The van der Waals surface area contributed by atoms with E-state index in [9.17, 15) is 4.79 Å². The Morgan fingerprint density at radius 3 is 2.54 bits per heavy atom. The summed E-state index contributed by atoms with van der Waals surface area (Å²) < 4.78 is 0. The third kappa shape index (κ3) is 4.70. The van der Waals surface area contributed by atoms with Crippen molar-refractivity contribution < 1.29 is 4.79 Å². The second-order valence-electron chi connectivity index (χ2n) is 6.62. The summed E-state index contributed by atoms with van der Waals surface area (Å²) >= 11 is 0. The van der Waals surface area contributed by atoms with Gasteiger partial charge in [0.15, 0.2) is 0 Å². The van der Waals surface area contributed by atoms with Crippen LogP contribution in [0.5, 0.6) is 0 Å². The van der Waals surface area contributed by atoms with Crippen LogP contribution in [-0.2, 0) is 0 Å². The molecule has 1 amide bonds. The first kappa shape index (κ1) is 18.1. The summed E-state index contributed by atoms with van der Waals surface area (Å²) in [6.07, 6.45) is 3.53. The van der Waals surface area contributed by atoms with Crippen LogP contribution in [0.15, 0.2) is 42.7 Å². The molecule has 3 heterocycles. The Balaban J connectivity index is 1.58. The first-order chi connectivity index (χ1) is 12.6. The summed E-state index contributed by atoms with van der Waals surface area (Å²) in [5, 5.41) is 2.91. The maximum Gasteiger partial charge on any atom is 0.269 e. The third-order valence-corrected chi connectivity index (χ3v) is 4.44. The molecule has 0 aliphatic carbocycles. The van der Waals surface area contributed by atoms with Crippen molar-refractivity contribution in [3.8, 4) is 0 Å². The molecule has 0 aromatic carbocycles. The lowest BCUT2D eigenvalue weighted by Gasteiger charge is -2.36. The second kappa shape index (κ2) is 8.62. The number of carbonyl (C=O) groups is 1. The zero-order valence-electron chi connectivity index (χ0n) is 15.4. The molecule has 7 heteroatoms. The highest BCUT2D eigenvalue weighted by atomic mass is 16.1. The van der Waals surface area contributed by atoms with E-state index in [0.29, 0.717) is 12.2 Å². The van der Waals surface area contributed by atoms with Gasteiger partial charge in [-0.05, 0) is 38.4 Å². The molecule has 0 bridgehead atoms. The van der Waals surface area contributed by atoms with Gasteiger partial charge in [-0.2, -0.15) is 0 Å². The van der Waals surface area contributed by atoms with Gasteiger partial charge in [-0.25, -0.2) is 4.98 Å². The summed E-state index contributed by atoms with van der Waals surface area (Å²) in [7, 11) is 3.96. The van der Waals surface area contributed by atoms with Crippen molar-refractivity contribution in [1.29, 1.82) is 0 Å². The molecule has 2 aromatic heterocycles. The molecule has 0 saturated carbocycles. The Morgan fingerprint density at radius 2 is 1.85 bits per heavy atom. The maximum absolute atomic E-state index is 12.3. The molecule has 2 aromatic rings. The number of anilines is 2. The summed E-state index contributed by atoms with van der Waals surface area (Å²) in [6.45, 7) is 5.01. The van der Waals surface area contributed by atoms with Crippen molar-refractivity contribution in [2.24, 2.45) is 0 Å². The number of nitrogens with one attached hydrogen (secondary N) is 1. The number of piperazine rings is 1. The highest BCUT2D eigenvalue weighted by Gasteiger charge is 2.19. The number of hydrogen-bond donors (Lipinski definition) is 1. The first-order valence-electron chi connectivity index (χ1n) is 8.93. The van der Waals surface area contributed by atoms with Crippen LogP contribution < -0.4 is 15.1 Å². The van der Waals surface area contributed by atoms with E-state index in [-0.39, 0.29) is 5.91 Å². The molecule has 0 spiro atoms. The van der Waals surface area contributed by atoms with Crippen molar-refractivity contribution >= 4 is 17.4 Å².